The molecule has 0 atom stereocenters. The summed E-state index contributed by atoms with van der Waals surface area (Å²) in [6.07, 6.45) is 0. The highest BCUT2D eigenvalue weighted by Crippen LogP contribution is 2.43. The van der Waals surface area contributed by atoms with Gasteiger partial charge in [-0.2, -0.15) is 5.21 Å². The van der Waals surface area contributed by atoms with Crippen LogP contribution in [0.4, 0.5) is 10.1 Å². The molecule has 2 aromatic rings. The number of aromatic amines is 1. The first kappa shape index (κ1) is 15.0. The molecular weight excluding hydrogens is 313 g/mol. The Morgan fingerprint density at radius 3 is 3.14 bits per heavy atom. The van der Waals surface area contributed by atoms with Gasteiger partial charge in [0.1, 0.15) is 12.4 Å². The summed E-state index contributed by atoms with van der Waals surface area (Å²) in [5.41, 5.74) is 0.765. The van der Waals surface area contributed by atoms with Gasteiger partial charge >= 0.3 is 0 Å². The molecule has 0 bridgehead atoms. The van der Waals surface area contributed by atoms with Crippen LogP contribution in [-0.2, 0) is 4.74 Å². The standard InChI is InChI=1S/C13H15ClFN5O2/c1-2-21-5-3-20-4-6-22-9-7-8(14)11(15)10(12(9)20)13-16-18-19-17-13/h7H,2-6H2,1H3,(H,16,17,18,19). The monoisotopic (exact) mass is 327 g/mol. The molecule has 0 unspecified atom stereocenters. The normalized spacial score (nSPS) is 13.9. The van der Waals surface area contributed by atoms with Crippen LogP contribution in [0.25, 0.3) is 11.4 Å². The highest BCUT2D eigenvalue weighted by molar-refractivity contribution is 6.31. The summed E-state index contributed by atoms with van der Waals surface area (Å²) >= 11 is 5.96. The number of ether oxygens (including phenoxy) is 2. The molecule has 1 aliphatic rings. The molecule has 118 valence electrons. The molecule has 22 heavy (non-hydrogen) atoms. The van der Waals surface area contributed by atoms with Gasteiger partial charge < -0.3 is 14.4 Å². The number of nitrogens with zero attached hydrogens (tertiary/aromatic N) is 4. The number of fused-ring (bicyclic) bond motifs is 1. The Labute approximate surface area is 131 Å². The number of benzene rings is 1. The van der Waals surface area contributed by atoms with E-state index in [1.54, 1.807) is 0 Å². The number of hydrogen-bond donors (Lipinski definition) is 1. The van der Waals surface area contributed by atoms with Crippen LogP contribution in [0.5, 0.6) is 5.75 Å². The van der Waals surface area contributed by atoms with Crippen molar-refractivity contribution < 1.29 is 13.9 Å². The van der Waals surface area contributed by atoms with Gasteiger partial charge in [0.25, 0.3) is 0 Å². The molecule has 9 heteroatoms. The van der Waals surface area contributed by atoms with Gasteiger partial charge in [-0.1, -0.05) is 11.6 Å². The van der Waals surface area contributed by atoms with Crippen LogP contribution >= 0.6 is 11.6 Å². The second kappa shape index (κ2) is 6.45. The number of tetrazole rings is 1. The first-order chi connectivity index (χ1) is 10.7. The van der Waals surface area contributed by atoms with E-state index in [-0.39, 0.29) is 16.4 Å². The average molecular weight is 328 g/mol. The van der Waals surface area contributed by atoms with Crippen molar-refractivity contribution in [3.05, 3.63) is 16.9 Å². The lowest BCUT2D eigenvalue weighted by Gasteiger charge is -2.32. The third-order valence-electron chi connectivity index (χ3n) is 3.37. The van der Waals surface area contributed by atoms with Gasteiger partial charge in [0, 0.05) is 19.2 Å². The van der Waals surface area contributed by atoms with Gasteiger partial charge in [-0.25, -0.2) is 4.39 Å². The fraction of sp³-hybridized carbons (Fsp3) is 0.462. The van der Waals surface area contributed by atoms with Gasteiger partial charge in [0.15, 0.2) is 5.82 Å². The van der Waals surface area contributed by atoms with Crippen molar-refractivity contribution in [3.63, 3.8) is 0 Å². The van der Waals surface area contributed by atoms with E-state index in [1.165, 1.54) is 6.07 Å². The molecule has 7 nitrogen and oxygen atoms in total. The lowest BCUT2D eigenvalue weighted by molar-refractivity contribution is 0.152. The highest BCUT2D eigenvalue weighted by Gasteiger charge is 2.29. The van der Waals surface area contributed by atoms with Crippen molar-refractivity contribution in [2.45, 2.75) is 6.92 Å². The predicted molar refractivity (Wildman–Crippen MR) is 78.8 cm³/mol. The third-order valence-corrected chi connectivity index (χ3v) is 3.65. The molecule has 3 rings (SSSR count). The number of halogens is 2. The third kappa shape index (κ3) is 2.71. The van der Waals surface area contributed by atoms with E-state index < -0.39 is 5.82 Å². The maximum absolute atomic E-state index is 14.5. The zero-order chi connectivity index (χ0) is 15.5. The number of rotatable bonds is 5. The maximum atomic E-state index is 14.5. The molecule has 0 spiro atoms. The number of H-pyrrole nitrogens is 1. The first-order valence-corrected chi connectivity index (χ1v) is 7.31. The summed E-state index contributed by atoms with van der Waals surface area (Å²) in [6, 6.07) is 1.47. The minimum absolute atomic E-state index is 0.0368. The topological polar surface area (TPSA) is 76.2 Å². The molecule has 0 saturated carbocycles. The average Bonchev–Trinajstić information content (AvgIpc) is 3.03. The number of anilines is 1. The molecule has 0 radical (unpaired) electrons. The van der Waals surface area contributed by atoms with Crippen molar-refractivity contribution >= 4 is 17.3 Å². The van der Waals surface area contributed by atoms with Gasteiger partial charge in [0.2, 0.25) is 5.82 Å². The molecule has 0 saturated heterocycles. The van der Waals surface area contributed by atoms with E-state index in [0.717, 1.165) is 0 Å². The summed E-state index contributed by atoms with van der Waals surface area (Å²) in [5.74, 6) is 0.0610. The SMILES string of the molecule is CCOCCN1CCOc2cc(Cl)c(F)c(-c3nn[nH]n3)c21. The van der Waals surface area contributed by atoms with Gasteiger partial charge in [-0.15, -0.1) is 10.2 Å². The summed E-state index contributed by atoms with van der Waals surface area (Å²) < 4.78 is 25.5. The second-order valence-electron chi connectivity index (χ2n) is 4.66. The fourth-order valence-corrected chi connectivity index (χ4v) is 2.60. The van der Waals surface area contributed by atoms with E-state index in [4.69, 9.17) is 21.1 Å². The van der Waals surface area contributed by atoms with Crippen LogP contribution in [0.1, 0.15) is 6.92 Å². The molecule has 0 amide bonds. The highest BCUT2D eigenvalue weighted by atomic mass is 35.5. The Morgan fingerprint density at radius 2 is 2.41 bits per heavy atom. The summed E-state index contributed by atoms with van der Waals surface area (Å²) in [5, 5.41) is 13.5. The van der Waals surface area contributed by atoms with Crippen molar-refractivity contribution in [1.82, 2.24) is 20.6 Å². The zero-order valence-corrected chi connectivity index (χ0v) is 12.7. The lowest BCUT2D eigenvalue weighted by Crippen LogP contribution is -2.36. The molecule has 1 N–H and O–H groups in total. The Hall–Kier alpha value is -1.93. The van der Waals surface area contributed by atoms with Crippen LogP contribution < -0.4 is 9.64 Å². The smallest absolute Gasteiger partial charge is 0.209 e. The predicted octanol–water partition coefficient (Wildman–Crippen LogP) is 1.89. The van der Waals surface area contributed by atoms with Crippen LogP contribution in [0, 0.1) is 5.82 Å². The molecule has 0 aliphatic carbocycles. The van der Waals surface area contributed by atoms with E-state index in [0.29, 0.717) is 44.3 Å². The zero-order valence-electron chi connectivity index (χ0n) is 12.0. The molecule has 1 aliphatic heterocycles. The Balaban J connectivity index is 2.07. The first-order valence-electron chi connectivity index (χ1n) is 6.93. The van der Waals surface area contributed by atoms with Crippen LogP contribution in [0.2, 0.25) is 5.02 Å². The Kier molecular flexibility index (Phi) is 4.39. The van der Waals surface area contributed by atoms with Crippen LogP contribution in [-0.4, -0.2) is 53.5 Å². The molecular formula is C13H15ClFN5O2. The van der Waals surface area contributed by atoms with Crippen LogP contribution in [0.3, 0.4) is 0 Å². The number of hydrogen-bond acceptors (Lipinski definition) is 6. The van der Waals surface area contributed by atoms with Gasteiger partial charge in [-0.05, 0) is 12.1 Å². The van der Waals surface area contributed by atoms with Gasteiger partial charge in [0.05, 0.1) is 29.4 Å². The number of nitrogens with one attached hydrogen (secondary N) is 1. The quantitative estimate of drug-likeness (QED) is 0.845. The van der Waals surface area contributed by atoms with Crippen molar-refractivity contribution in [3.8, 4) is 17.1 Å². The van der Waals surface area contributed by atoms with Gasteiger partial charge in [-0.3, -0.25) is 0 Å². The van der Waals surface area contributed by atoms with E-state index in [9.17, 15) is 4.39 Å². The largest absolute Gasteiger partial charge is 0.489 e. The van der Waals surface area contributed by atoms with E-state index in [2.05, 4.69) is 20.6 Å². The Bertz CT molecular complexity index is 652. The van der Waals surface area contributed by atoms with Crippen molar-refractivity contribution in [2.75, 3.05) is 37.8 Å². The van der Waals surface area contributed by atoms with E-state index in [1.807, 2.05) is 11.8 Å². The summed E-state index contributed by atoms with van der Waals surface area (Å²) in [7, 11) is 0. The minimum Gasteiger partial charge on any atom is -0.489 e. The minimum atomic E-state index is -0.589. The molecule has 2 heterocycles. The maximum Gasteiger partial charge on any atom is 0.209 e. The second-order valence-corrected chi connectivity index (χ2v) is 5.07. The molecule has 1 aromatic heterocycles. The summed E-state index contributed by atoms with van der Waals surface area (Å²) in [6.45, 7) is 4.81. The molecule has 0 fully saturated rings. The lowest BCUT2D eigenvalue weighted by atomic mass is 10.1. The fourth-order valence-electron chi connectivity index (χ4n) is 2.41. The number of aromatic nitrogens is 4. The Morgan fingerprint density at radius 1 is 1.55 bits per heavy atom. The van der Waals surface area contributed by atoms with Crippen molar-refractivity contribution in [1.29, 1.82) is 0 Å². The van der Waals surface area contributed by atoms with Crippen molar-refractivity contribution in [2.24, 2.45) is 0 Å². The molecule has 1 aromatic carbocycles. The van der Waals surface area contributed by atoms with E-state index >= 15 is 0 Å². The summed E-state index contributed by atoms with van der Waals surface area (Å²) in [4.78, 5) is 1.99. The van der Waals surface area contributed by atoms with Crippen LogP contribution in [0.15, 0.2) is 6.07 Å².